The Bertz CT molecular complexity index is 670. The number of benzene rings is 2. The zero-order valence-corrected chi connectivity index (χ0v) is 11.8. The van der Waals surface area contributed by atoms with Crippen LogP contribution in [0.3, 0.4) is 0 Å². The Balaban J connectivity index is 2.21. The van der Waals surface area contributed by atoms with Crippen LogP contribution in [0.15, 0.2) is 36.4 Å². The molecule has 2 aromatic rings. The van der Waals surface area contributed by atoms with Gasteiger partial charge in [0.05, 0.1) is 0 Å². The van der Waals surface area contributed by atoms with E-state index in [1.165, 1.54) is 36.2 Å². The van der Waals surface area contributed by atoms with Gasteiger partial charge < -0.3 is 4.90 Å². The van der Waals surface area contributed by atoms with E-state index in [-0.39, 0.29) is 22.7 Å². The number of amides is 1. The van der Waals surface area contributed by atoms with E-state index in [0.717, 1.165) is 12.1 Å². The maximum absolute atomic E-state index is 13.7. The first-order valence-corrected chi connectivity index (χ1v) is 6.41. The van der Waals surface area contributed by atoms with Gasteiger partial charge in [0.25, 0.3) is 5.91 Å². The van der Waals surface area contributed by atoms with Crippen LogP contribution in [0.25, 0.3) is 0 Å². The Kier molecular flexibility index (Phi) is 4.53. The monoisotopic (exact) mass is 313 g/mol. The molecule has 0 bridgehead atoms. The molecular formula is C15H11ClF3NO. The Hall–Kier alpha value is -2.01. The average Bonchev–Trinajstić information content (AvgIpc) is 2.45. The van der Waals surface area contributed by atoms with E-state index in [4.69, 9.17) is 11.6 Å². The molecule has 2 aromatic carbocycles. The summed E-state index contributed by atoms with van der Waals surface area (Å²) in [6, 6.07) is 7.04. The van der Waals surface area contributed by atoms with E-state index < -0.39 is 23.4 Å². The van der Waals surface area contributed by atoms with Gasteiger partial charge in [-0.3, -0.25) is 4.79 Å². The molecule has 0 N–H and O–H groups in total. The molecule has 1 amide bonds. The lowest BCUT2D eigenvalue weighted by Crippen LogP contribution is -2.27. The lowest BCUT2D eigenvalue weighted by molar-refractivity contribution is 0.0783. The summed E-state index contributed by atoms with van der Waals surface area (Å²) in [4.78, 5) is 13.3. The molecule has 0 fully saturated rings. The van der Waals surface area contributed by atoms with Crippen molar-refractivity contribution in [2.75, 3.05) is 7.05 Å². The fourth-order valence-corrected chi connectivity index (χ4v) is 2.06. The van der Waals surface area contributed by atoms with Crippen LogP contribution in [0.1, 0.15) is 15.9 Å². The molecule has 0 aliphatic carbocycles. The lowest BCUT2D eigenvalue weighted by atomic mass is 10.1. The second-order valence-corrected chi connectivity index (χ2v) is 4.90. The molecule has 0 saturated carbocycles. The van der Waals surface area contributed by atoms with Gasteiger partial charge in [0.2, 0.25) is 0 Å². The molecule has 2 nitrogen and oxygen atoms in total. The van der Waals surface area contributed by atoms with Gasteiger partial charge in [0.15, 0.2) is 11.6 Å². The van der Waals surface area contributed by atoms with Crippen molar-refractivity contribution in [3.05, 3.63) is 70.0 Å². The SMILES string of the molecule is CN(Cc1c(F)cccc1Cl)C(=O)c1ccc(F)c(F)c1. The molecule has 0 atom stereocenters. The maximum atomic E-state index is 13.7. The van der Waals surface area contributed by atoms with E-state index in [0.29, 0.717) is 0 Å². The highest BCUT2D eigenvalue weighted by atomic mass is 35.5. The van der Waals surface area contributed by atoms with Gasteiger partial charge in [0, 0.05) is 29.7 Å². The van der Waals surface area contributed by atoms with Gasteiger partial charge in [-0.2, -0.15) is 0 Å². The fourth-order valence-electron chi connectivity index (χ4n) is 1.84. The highest BCUT2D eigenvalue weighted by Crippen LogP contribution is 2.21. The quantitative estimate of drug-likeness (QED) is 0.838. The van der Waals surface area contributed by atoms with Crippen LogP contribution in [0.4, 0.5) is 13.2 Å². The summed E-state index contributed by atoms with van der Waals surface area (Å²) in [5.41, 5.74) is 0.140. The zero-order chi connectivity index (χ0) is 15.6. The predicted octanol–water partition coefficient (Wildman–Crippen LogP) is 4.03. The summed E-state index contributed by atoms with van der Waals surface area (Å²) in [6.45, 7) is -0.0800. The van der Waals surface area contributed by atoms with Crippen molar-refractivity contribution in [3.63, 3.8) is 0 Å². The van der Waals surface area contributed by atoms with Gasteiger partial charge in [-0.15, -0.1) is 0 Å². The second-order valence-electron chi connectivity index (χ2n) is 4.49. The molecular weight excluding hydrogens is 303 g/mol. The first kappa shape index (κ1) is 15.4. The third-order valence-corrected chi connectivity index (χ3v) is 3.32. The van der Waals surface area contributed by atoms with Crippen LogP contribution in [0.2, 0.25) is 5.02 Å². The van der Waals surface area contributed by atoms with Crippen molar-refractivity contribution in [1.82, 2.24) is 4.90 Å². The van der Waals surface area contributed by atoms with Crippen molar-refractivity contribution < 1.29 is 18.0 Å². The third kappa shape index (κ3) is 3.36. The van der Waals surface area contributed by atoms with Gasteiger partial charge in [-0.05, 0) is 30.3 Å². The second kappa shape index (κ2) is 6.18. The van der Waals surface area contributed by atoms with Crippen molar-refractivity contribution >= 4 is 17.5 Å². The Morgan fingerprint density at radius 2 is 1.81 bits per heavy atom. The normalized spacial score (nSPS) is 10.5. The standard InChI is InChI=1S/C15H11ClF3NO/c1-20(8-10-11(16)3-2-4-12(10)17)15(21)9-5-6-13(18)14(19)7-9/h2-7H,8H2,1H3. The van der Waals surface area contributed by atoms with E-state index in [1.54, 1.807) is 0 Å². The molecule has 0 aliphatic rings. The number of carbonyl (C=O) groups excluding carboxylic acids is 1. The van der Waals surface area contributed by atoms with Crippen LogP contribution >= 0.6 is 11.6 Å². The van der Waals surface area contributed by atoms with E-state index >= 15 is 0 Å². The van der Waals surface area contributed by atoms with Crippen molar-refractivity contribution in [2.24, 2.45) is 0 Å². The van der Waals surface area contributed by atoms with Crippen molar-refractivity contribution in [2.45, 2.75) is 6.54 Å². The highest BCUT2D eigenvalue weighted by Gasteiger charge is 2.17. The van der Waals surface area contributed by atoms with Crippen LogP contribution in [0.5, 0.6) is 0 Å². The van der Waals surface area contributed by atoms with Crippen molar-refractivity contribution in [3.8, 4) is 0 Å². The smallest absolute Gasteiger partial charge is 0.254 e. The summed E-state index contributed by atoms with van der Waals surface area (Å²) in [5.74, 6) is -3.25. The summed E-state index contributed by atoms with van der Waals surface area (Å²) >= 11 is 5.88. The van der Waals surface area contributed by atoms with Crippen LogP contribution in [0, 0.1) is 17.5 Å². The van der Waals surface area contributed by atoms with Gasteiger partial charge in [0.1, 0.15) is 5.82 Å². The topological polar surface area (TPSA) is 20.3 Å². The molecule has 2 rings (SSSR count). The Morgan fingerprint density at radius 1 is 1.10 bits per heavy atom. The Morgan fingerprint density at radius 3 is 2.43 bits per heavy atom. The molecule has 21 heavy (non-hydrogen) atoms. The Labute approximate surface area is 124 Å². The van der Waals surface area contributed by atoms with Gasteiger partial charge in [-0.1, -0.05) is 17.7 Å². The lowest BCUT2D eigenvalue weighted by Gasteiger charge is -2.18. The molecule has 0 heterocycles. The van der Waals surface area contributed by atoms with Crippen LogP contribution in [-0.2, 0) is 6.54 Å². The molecule has 0 saturated heterocycles. The number of halogens is 4. The number of hydrogen-bond acceptors (Lipinski definition) is 1. The molecule has 0 radical (unpaired) electrons. The average molecular weight is 314 g/mol. The van der Waals surface area contributed by atoms with E-state index in [9.17, 15) is 18.0 Å². The van der Waals surface area contributed by atoms with Gasteiger partial charge >= 0.3 is 0 Å². The number of hydrogen-bond donors (Lipinski definition) is 0. The van der Waals surface area contributed by atoms with Crippen molar-refractivity contribution in [1.29, 1.82) is 0 Å². The fraction of sp³-hybridized carbons (Fsp3) is 0.133. The molecule has 0 aromatic heterocycles. The minimum atomic E-state index is -1.11. The zero-order valence-electron chi connectivity index (χ0n) is 11.0. The summed E-state index contributed by atoms with van der Waals surface area (Å²) in [6.07, 6.45) is 0. The maximum Gasteiger partial charge on any atom is 0.254 e. The minimum Gasteiger partial charge on any atom is -0.337 e. The predicted molar refractivity (Wildman–Crippen MR) is 73.6 cm³/mol. The van der Waals surface area contributed by atoms with Gasteiger partial charge in [-0.25, -0.2) is 13.2 Å². The summed E-state index contributed by atoms with van der Waals surface area (Å²) in [7, 11) is 1.42. The highest BCUT2D eigenvalue weighted by molar-refractivity contribution is 6.31. The molecule has 0 spiro atoms. The van der Waals surface area contributed by atoms with E-state index in [1.807, 2.05) is 0 Å². The third-order valence-electron chi connectivity index (χ3n) is 2.97. The van der Waals surface area contributed by atoms with Crippen LogP contribution in [-0.4, -0.2) is 17.9 Å². The van der Waals surface area contributed by atoms with E-state index in [2.05, 4.69) is 0 Å². The summed E-state index contributed by atoms with van der Waals surface area (Å²) < 4.78 is 39.6. The largest absolute Gasteiger partial charge is 0.337 e. The number of carbonyl (C=O) groups is 1. The molecule has 0 unspecified atom stereocenters. The molecule has 6 heteroatoms. The number of rotatable bonds is 3. The number of nitrogens with zero attached hydrogens (tertiary/aromatic N) is 1. The first-order chi connectivity index (χ1) is 9.90. The summed E-state index contributed by atoms with van der Waals surface area (Å²) in [5, 5.41) is 0.194. The first-order valence-electron chi connectivity index (χ1n) is 6.03. The molecule has 0 aliphatic heterocycles. The van der Waals surface area contributed by atoms with Crippen LogP contribution < -0.4 is 0 Å². The minimum absolute atomic E-state index is 0.0242. The molecule has 110 valence electrons.